The Morgan fingerprint density at radius 2 is 1.82 bits per heavy atom. The largest absolute Gasteiger partial charge is 0.466 e. The van der Waals surface area contributed by atoms with E-state index in [-0.39, 0.29) is 11.9 Å². The summed E-state index contributed by atoms with van der Waals surface area (Å²) in [6, 6.07) is 0. The van der Waals surface area contributed by atoms with E-state index in [1.807, 2.05) is 13.8 Å². The molecule has 0 heterocycles. The summed E-state index contributed by atoms with van der Waals surface area (Å²) >= 11 is 0. The van der Waals surface area contributed by atoms with Gasteiger partial charge in [-0.2, -0.15) is 0 Å². The molecule has 0 aliphatic carbocycles. The number of nitrogens with zero attached hydrogens (tertiary/aromatic N) is 2. The Labute approximate surface area is 106 Å². The second-order valence-electron chi connectivity index (χ2n) is 4.76. The number of carbonyl (C=O) groups excluding carboxylic acids is 1. The molecule has 0 radical (unpaired) electrons. The lowest BCUT2D eigenvalue weighted by atomic mass is 10.1. The molecule has 0 aromatic heterocycles. The van der Waals surface area contributed by atoms with E-state index in [1.54, 1.807) is 0 Å². The molecule has 102 valence electrons. The van der Waals surface area contributed by atoms with Crippen LogP contribution in [0.5, 0.6) is 0 Å². The van der Waals surface area contributed by atoms with E-state index in [4.69, 9.17) is 4.74 Å². The molecule has 4 heteroatoms. The molecule has 4 nitrogen and oxygen atoms in total. The number of ether oxygens (including phenoxy) is 1. The van der Waals surface area contributed by atoms with Gasteiger partial charge in [0.1, 0.15) is 0 Å². The number of hydrogen-bond acceptors (Lipinski definition) is 4. The van der Waals surface area contributed by atoms with Crippen LogP contribution in [0.25, 0.3) is 0 Å². The molecule has 0 rings (SSSR count). The maximum absolute atomic E-state index is 11.6. The first-order chi connectivity index (χ1) is 8.01. The molecule has 0 aromatic rings. The van der Waals surface area contributed by atoms with Gasteiger partial charge in [-0.15, -0.1) is 0 Å². The second kappa shape index (κ2) is 9.42. The van der Waals surface area contributed by atoms with Crippen molar-refractivity contribution >= 4 is 5.97 Å². The van der Waals surface area contributed by atoms with Crippen LogP contribution >= 0.6 is 0 Å². The maximum atomic E-state index is 11.6. The van der Waals surface area contributed by atoms with Gasteiger partial charge in [-0.3, -0.25) is 4.79 Å². The third kappa shape index (κ3) is 8.16. The third-order valence-electron chi connectivity index (χ3n) is 2.62. The van der Waals surface area contributed by atoms with Gasteiger partial charge >= 0.3 is 5.97 Å². The lowest BCUT2D eigenvalue weighted by Crippen LogP contribution is -2.37. The Bertz CT molecular complexity index is 208. The minimum atomic E-state index is -0.0848. The average molecular weight is 244 g/mol. The Kier molecular flexibility index (Phi) is 9.09. The van der Waals surface area contributed by atoms with E-state index < -0.39 is 0 Å². The standard InChI is InChI=1S/C13H28N2O2/c1-6-8-15(10-9-14(4)5)11-12(3)13(16)17-7-2/h12H,6-11H2,1-5H3. The number of carbonyl (C=O) groups is 1. The number of hydrogen-bond donors (Lipinski definition) is 0. The van der Waals surface area contributed by atoms with Gasteiger partial charge in [0.25, 0.3) is 0 Å². The van der Waals surface area contributed by atoms with Crippen LogP contribution in [0, 0.1) is 5.92 Å². The quantitative estimate of drug-likeness (QED) is 0.575. The van der Waals surface area contributed by atoms with Crippen molar-refractivity contribution in [2.75, 3.05) is 46.9 Å². The highest BCUT2D eigenvalue weighted by Crippen LogP contribution is 2.04. The highest BCUT2D eigenvalue weighted by atomic mass is 16.5. The zero-order chi connectivity index (χ0) is 13.3. The van der Waals surface area contributed by atoms with Crippen molar-refractivity contribution in [3.05, 3.63) is 0 Å². The van der Waals surface area contributed by atoms with Crippen LogP contribution in [0.1, 0.15) is 27.2 Å². The number of likely N-dealkylation sites (N-methyl/N-ethyl adjacent to an activating group) is 1. The Balaban J connectivity index is 4.08. The molecule has 0 fully saturated rings. The molecule has 0 amide bonds. The predicted octanol–water partition coefficient (Wildman–Crippen LogP) is 1.46. The van der Waals surface area contributed by atoms with E-state index in [1.165, 1.54) is 0 Å². The van der Waals surface area contributed by atoms with Crippen LogP contribution in [0.3, 0.4) is 0 Å². The minimum absolute atomic E-state index is 0.0383. The fraction of sp³-hybridized carbons (Fsp3) is 0.923. The fourth-order valence-electron chi connectivity index (χ4n) is 1.70. The molecular formula is C13H28N2O2. The molecule has 0 saturated carbocycles. The summed E-state index contributed by atoms with van der Waals surface area (Å²) in [6.45, 7) is 10.3. The topological polar surface area (TPSA) is 32.8 Å². The molecule has 0 aromatic carbocycles. The number of rotatable bonds is 9. The lowest BCUT2D eigenvalue weighted by Gasteiger charge is -2.25. The van der Waals surface area contributed by atoms with E-state index in [2.05, 4.69) is 30.8 Å². The molecule has 1 atom stereocenters. The Morgan fingerprint density at radius 3 is 2.29 bits per heavy atom. The summed E-state index contributed by atoms with van der Waals surface area (Å²) in [6.07, 6.45) is 1.11. The van der Waals surface area contributed by atoms with E-state index in [0.717, 1.165) is 32.6 Å². The minimum Gasteiger partial charge on any atom is -0.466 e. The summed E-state index contributed by atoms with van der Waals surface area (Å²) in [7, 11) is 4.14. The van der Waals surface area contributed by atoms with E-state index in [9.17, 15) is 4.79 Å². The van der Waals surface area contributed by atoms with Crippen LogP contribution < -0.4 is 0 Å². The monoisotopic (exact) mass is 244 g/mol. The normalized spacial score (nSPS) is 13.1. The smallest absolute Gasteiger partial charge is 0.309 e. The molecule has 1 unspecified atom stereocenters. The van der Waals surface area contributed by atoms with Gasteiger partial charge in [0.05, 0.1) is 12.5 Å². The molecule has 17 heavy (non-hydrogen) atoms. The highest BCUT2D eigenvalue weighted by molar-refractivity contribution is 5.72. The van der Waals surface area contributed by atoms with Crippen molar-refractivity contribution in [2.45, 2.75) is 27.2 Å². The van der Waals surface area contributed by atoms with Crippen molar-refractivity contribution in [3.8, 4) is 0 Å². The van der Waals surface area contributed by atoms with Crippen molar-refractivity contribution in [3.63, 3.8) is 0 Å². The van der Waals surface area contributed by atoms with Gasteiger partial charge in [0.15, 0.2) is 0 Å². The van der Waals surface area contributed by atoms with Crippen LogP contribution in [0.15, 0.2) is 0 Å². The Hall–Kier alpha value is -0.610. The van der Waals surface area contributed by atoms with Gasteiger partial charge in [0.2, 0.25) is 0 Å². The molecule has 0 bridgehead atoms. The maximum Gasteiger partial charge on any atom is 0.309 e. The summed E-state index contributed by atoms with van der Waals surface area (Å²) in [4.78, 5) is 16.1. The summed E-state index contributed by atoms with van der Waals surface area (Å²) in [5.41, 5.74) is 0. The Morgan fingerprint density at radius 1 is 1.18 bits per heavy atom. The van der Waals surface area contributed by atoms with E-state index >= 15 is 0 Å². The van der Waals surface area contributed by atoms with Gasteiger partial charge in [0, 0.05) is 19.6 Å². The SMILES string of the molecule is CCCN(CCN(C)C)CC(C)C(=O)OCC. The first-order valence-electron chi connectivity index (χ1n) is 6.54. The molecular weight excluding hydrogens is 216 g/mol. The van der Waals surface area contributed by atoms with Crippen LogP contribution in [0.2, 0.25) is 0 Å². The fourth-order valence-corrected chi connectivity index (χ4v) is 1.70. The molecule has 0 saturated heterocycles. The van der Waals surface area contributed by atoms with Crippen LogP contribution in [-0.4, -0.2) is 62.7 Å². The third-order valence-corrected chi connectivity index (χ3v) is 2.62. The molecule has 0 spiro atoms. The average Bonchev–Trinajstić information content (AvgIpc) is 2.26. The van der Waals surface area contributed by atoms with Crippen molar-refractivity contribution in [2.24, 2.45) is 5.92 Å². The van der Waals surface area contributed by atoms with Gasteiger partial charge in [-0.05, 0) is 34.0 Å². The van der Waals surface area contributed by atoms with E-state index in [0.29, 0.717) is 6.61 Å². The van der Waals surface area contributed by atoms with Crippen molar-refractivity contribution < 1.29 is 9.53 Å². The highest BCUT2D eigenvalue weighted by Gasteiger charge is 2.17. The summed E-state index contributed by atoms with van der Waals surface area (Å²) < 4.78 is 5.03. The zero-order valence-electron chi connectivity index (χ0n) is 12.0. The molecule has 0 aliphatic rings. The van der Waals surface area contributed by atoms with Crippen molar-refractivity contribution in [1.29, 1.82) is 0 Å². The van der Waals surface area contributed by atoms with Gasteiger partial charge < -0.3 is 14.5 Å². The van der Waals surface area contributed by atoms with Crippen LogP contribution in [0.4, 0.5) is 0 Å². The summed E-state index contributed by atoms with van der Waals surface area (Å²) in [5.74, 6) is -0.123. The lowest BCUT2D eigenvalue weighted by molar-refractivity contribution is -0.148. The first-order valence-corrected chi connectivity index (χ1v) is 6.54. The predicted molar refractivity (Wildman–Crippen MR) is 71.1 cm³/mol. The number of esters is 1. The zero-order valence-corrected chi connectivity index (χ0v) is 12.0. The second-order valence-corrected chi connectivity index (χ2v) is 4.76. The van der Waals surface area contributed by atoms with Gasteiger partial charge in [-0.25, -0.2) is 0 Å². The molecule has 0 N–H and O–H groups in total. The summed E-state index contributed by atoms with van der Waals surface area (Å²) in [5, 5.41) is 0. The van der Waals surface area contributed by atoms with Crippen molar-refractivity contribution in [1.82, 2.24) is 9.80 Å². The molecule has 0 aliphatic heterocycles. The van der Waals surface area contributed by atoms with Gasteiger partial charge in [-0.1, -0.05) is 13.8 Å². The first kappa shape index (κ1) is 16.4. The van der Waals surface area contributed by atoms with Crippen LogP contribution in [-0.2, 0) is 9.53 Å².